The summed E-state index contributed by atoms with van der Waals surface area (Å²) in [5.41, 5.74) is 5.60. The maximum Gasteiger partial charge on any atom is 0.490 e. The molecule has 0 saturated carbocycles. The number of H-pyrrole nitrogens is 1. The molecule has 1 fully saturated rings. The van der Waals surface area contributed by atoms with Gasteiger partial charge in [-0.3, -0.25) is 18.9 Å². The third kappa shape index (κ3) is 6.89. The largest absolute Gasteiger partial charge is 0.490 e. The summed E-state index contributed by atoms with van der Waals surface area (Å²) in [6.07, 6.45) is -6.49. The molecule has 0 spiro atoms. The van der Waals surface area contributed by atoms with Crippen LogP contribution in [0, 0.1) is 0 Å². The van der Waals surface area contributed by atoms with Gasteiger partial charge in [0.2, 0.25) is 0 Å². The molecule has 32 heavy (non-hydrogen) atoms. The van der Waals surface area contributed by atoms with E-state index < -0.39 is 71.6 Å². The third-order valence-electron chi connectivity index (χ3n) is 3.53. The molecule has 23 heteroatoms. The Bertz CT molecular complexity index is 1170. The van der Waals surface area contributed by atoms with Gasteiger partial charge in [-0.1, -0.05) is 5.11 Å². The summed E-state index contributed by atoms with van der Waals surface area (Å²) in [6.45, 7) is -1.13. The number of hydrogen-bond acceptors (Lipinski definition) is 12. The van der Waals surface area contributed by atoms with Crippen molar-refractivity contribution in [3.63, 3.8) is 0 Å². The van der Waals surface area contributed by atoms with E-state index in [2.05, 4.69) is 23.2 Å². The Morgan fingerprint density at radius 3 is 2.31 bits per heavy atom. The average molecular weight is 525 g/mol. The van der Waals surface area contributed by atoms with E-state index in [1.54, 1.807) is 4.98 Å². The minimum Gasteiger partial charge on any atom is -0.387 e. The quantitative estimate of drug-likeness (QED) is 0.0829. The van der Waals surface area contributed by atoms with Crippen molar-refractivity contribution in [1.82, 2.24) is 9.55 Å². The minimum atomic E-state index is -5.78. The van der Waals surface area contributed by atoms with Gasteiger partial charge >= 0.3 is 29.2 Å². The van der Waals surface area contributed by atoms with Gasteiger partial charge in [0.1, 0.15) is 24.0 Å². The van der Waals surface area contributed by atoms with Gasteiger partial charge in [-0.15, -0.1) is 0 Å². The number of aliphatic hydroxyl groups is 2. The molecule has 180 valence electrons. The molecule has 2 unspecified atom stereocenters. The summed E-state index contributed by atoms with van der Waals surface area (Å²) in [5, 5.41) is 23.1. The number of hydrogen-bond donors (Lipinski definition) is 7. The van der Waals surface area contributed by atoms with E-state index in [9.17, 15) is 38.4 Å². The maximum atomic E-state index is 12.0. The van der Waals surface area contributed by atoms with Crippen LogP contribution in [0.3, 0.4) is 0 Å². The zero-order valence-corrected chi connectivity index (χ0v) is 17.8. The van der Waals surface area contributed by atoms with E-state index in [0.717, 1.165) is 0 Å². The molecule has 0 bridgehead atoms. The molecule has 1 aromatic heterocycles. The molecule has 0 amide bonds. The Morgan fingerprint density at radius 1 is 1.12 bits per heavy atom. The summed E-state index contributed by atoms with van der Waals surface area (Å²) in [4.78, 5) is 63.0. The highest BCUT2D eigenvalue weighted by Crippen LogP contribution is 2.66. The zero-order chi connectivity index (χ0) is 24.5. The average Bonchev–Trinajstić information content (AvgIpc) is 2.87. The van der Waals surface area contributed by atoms with E-state index in [1.165, 1.54) is 0 Å². The molecule has 7 N–H and O–H groups in total. The first-order chi connectivity index (χ1) is 14.6. The van der Waals surface area contributed by atoms with E-state index in [1.807, 2.05) is 0 Å². The summed E-state index contributed by atoms with van der Waals surface area (Å²) in [7, 11) is -16.9. The lowest BCUT2D eigenvalue weighted by atomic mass is 10.1. The summed E-state index contributed by atoms with van der Waals surface area (Å²) in [6, 6.07) is 0. The molecule has 0 radical (unpaired) electrons. The monoisotopic (exact) mass is 525 g/mol. The predicted octanol–water partition coefficient (Wildman–Crippen LogP) is -1.56. The number of rotatable bonds is 9. The highest BCUT2D eigenvalue weighted by Gasteiger charge is 2.46. The maximum absolute atomic E-state index is 12.0. The van der Waals surface area contributed by atoms with Gasteiger partial charge in [-0.25, -0.2) is 18.5 Å². The van der Waals surface area contributed by atoms with E-state index in [-0.39, 0.29) is 0 Å². The van der Waals surface area contributed by atoms with Gasteiger partial charge in [0.25, 0.3) is 5.56 Å². The van der Waals surface area contributed by atoms with Crippen LogP contribution in [0.5, 0.6) is 0 Å². The van der Waals surface area contributed by atoms with Crippen LogP contribution in [0.1, 0.15) is 6.23 Å². The lowest BCUT2D eigenvalue weighted by molar-refractivity contribution is -0.0541. The van der Waals surface area contributed by atoms with Crippen LogP contribution >= 0.6 is 23.5 Å². The van der Waals surface area contributed by atoms with Crippen molar-refractivity contribution in [2.45, 2.75) is 24.5 Å². The van der Waals surface area contributed by atoms with Crippen molar-refractivity contribution in [3.05, 3.63) is 37.5 Å². The number of aromatic nitrogens is 2. The van der Waals surface area contributed by atoms with Crippen molar-refractivity contribution in [2.24, 2.45) is 5.11 Å². The second-order valence-electron chi connectivity index (χ2n) is 5.80. The van der Waals surface area contributed by atoms with Crippen LogP contribution < -0.4 is 11.2 Å². The molecule has 6 atom stereocenters. The first kappa shape index (κ1) is 26.5. The van der Waals surface area contributed by atoms with E-state index in [4.69, 9.17) is 24.9 Å². The topological polar surface area (TPSA) is 313 Å². The van der Waals surface area contributed by atoms with Crippen molar-refractivity contribution < 1.29 is 61.4 Å². The highest BCUT2D eigenvalue weighted by molar-refractivity contribution is 7.66. The first-order valence-corrected chi connectivity index (χ1v) is 12.3. The molecule has 1 aromatic rings. The van der Waals surface area contributed by atoms with Crippen LogP contribution in [0.25, 0.3) is 10.4 Å². The molecule has 1 saturated heterocycles. The number of ether oxygens (including phenoxy) is 1. The second kappa shape index (κ2) is 9.64. The lowest BCUT2D eigenvalue weighted by Crippen LogP contribution is -2.37. The Balaban J connectivity index is 2.15. The number of phosphoric ester groups is 1. The highest BCUT2D eigenvalue weighted by atomic mass is 31.3. The predicted molar refractivity (Wildman–Crippen MR) is 95.9 cm³/mol. The van der Waals surface area contributed by atoms with Gasteiger partial charge in [0.15, 0.2) is 6.23 Å². The Kier molecular flexibility index (Phi) is 7.99. The fraction of sp³-hybridized carbons (Fsp3) is 0.556. The normalized spacial score (nSPS) is 27.3. The molecule has 2 heterocycles. The Morgan fingerprint density at radius 2 is 1.75 bits per heavy atom. The summed E-state index contributed by atoms with van der Waals surface area (Å²) in [5.74, 6) is 0. The fourth-order valence-electron chi connectivity index (χ4n) is 2.35. The number of phosphoric acid groups is 3. The van der Waals surface area contributed by atoms with E-state index >= 15 is 0 Å². The smallest absolute Gasteiger partial charge is 0.387 e. The number of nitrogens with zero attached hydrogens (tertiary/aromatic N) is 4. The lowest BCUT2D eigenvalue weighted by Gasteiger charge is -2.19. The SMILES string of the molecule is [N-]=[N+]=Nc1cn([C@H]2O[C@H](COP(=O)(O)OP(=O)(O)OP(=O)(O)O)[C@@H](O)[C@H]2O)c(=O)[nH]c1=O. The van der Waals surface area contributed by atoms with E-state index in [0.29, 0.717) is 10.8 Å². The van der Waals surface area contributed by atoms with Crippen molar-refractivity contribution in [1.29, 1.82) is 0 Å². The van der Waals surface area contributed by atoms with Gasteiger partial charge in [-0.2, -0.15) is 8.62 Å². The Labute approximate surface area is 174 Å². The second-order valence-corrected chi connectivity index (χ2v) is 10.2. The molecule has 0 aliphatic carbocycles. The molecular weight excluding hydrogens is 511 g/mol. The molecule has 2 rings (SSSR count). The van der Waals surface area contributed by atoms with Crippen molar-refractivity contribution >= 4 is 29.2 Å². The van der Waals surface area contributed by atoms with Crippen LogP contribution in [-0.2, 0) is 31.6 Å². The van der Waals surface area contributed by atoms with Gasteiger partial charge in [-0.05, 0) is 5.53 Å². The van der Waals surface area contributed by atoms with Gasteiger partial charge in [0.05, 0.1) is 6.61 Å². The standard InChI is InChI=1S/C9H14N5O15P3/c10-13-12-3-1-14(9(18)11-7(3)17)8-6(16)5(15)4(27-8)2-26-31(22,23)29-32(24,25)28-30(19,20)21/h1,4-6,8,15-16H,2H2,(H,22,23)(H,24,25)(H,11,17,18)(H2,19,20,21)/t4-,5-,6-,8+/m1/s1. The fourth-order valence-corrected chi connectivity index (χ4v) is 5.38. The number of aliphatic hydroxyl groups excluding tert-OH is 2. The van der Waals surface area contributed by atoms with Crippen LogP contribution in [0.15, 0.2) is 20.9 Å². The van der Waals surface area contributed by atoms with Crippen LogP contribution in [-0.4, -0.2) is 64.3 Å². The number of aromatic amines is 1. The summed E-state index contributed by atoms with van der Waals surface area (Å²) >= 11 is 0. The van der Waals surface area contributed by atoms with Crippen LogP contribution in [0.4, 0.5) is 5.69 Å². The summed E-state index contributed by atoms with van der Waals surface area (Å²) < 4.78 is 50.5. The minimum absolute atomic E-state index is 0.532. The molecule has 0 aromatic carbocycles. The molecule has 1 aliphatic rings. The Hall–Kier alpha value is -1.72. The molecule has 20 nitrogen and oxygen atoms in total. The van der Waals surface area contributed by atoms with Crippen LogP contribution in [0.2, 0.25) is 0 Å². The van der Waals surface area contributed by atoms with Crippen molar-refractivity contribution in [2.75, 3.05) is 6.61 Å². The number of azide groups is 1. The van der Waals surface area contributed by atoms with Gasteiger partial charge in [0, 0.05) is 11.1 Å². The third-order valence-corrected chi connectivity index (χ3v) is 7.33. The zero-order valence-electron chi connectivity index (χ0n) is 15.1. The number of nitrogens with one attached hydrogen (secondary N) is 1. The van der Waals surface area contributed by atoms with Crippen molar-refractivity contribution in [3.8, 4) is 0 Å². The molecular formula is C9H14N5O15P3. The van der Waals surface area contributed by atoms with Gasteiger partial charge < -0.3 is 34.5 Å². The first-order valence-electron chi connectivity index (χ1n) is 7.76. The molecule has 1 aliphatic heterocycles.